The van der Waals surface area contributed by atoms with E-state index in [1.165, 1.54) is 6.20 Å². The van der Waals surface area contributed by atoms with Crippen LogP contribution < -0.4 is 5.32 Å². The minimum atomic E-state index is -0.270. The molecule has 4 heteroatoms. The standard InChI is InChI=1S/C19H22N2O2/c1-14(2)17(11-15-7-4-3-5-8-15)18(22)13-21-19(23)16-9-6-10-20-12-16/h3-10,12,14,17H,11,13H2,1-2H3,(H,21,23). The van der Waals surface area contributed by atoms with Gasteiger partial charge < -0.3 is 5.32 Å². The fourth-order valence-electron chi connectivity index (χ4n) is 2.49. The van der Waals surface area contributed by atoms with Gasteiger partial charge in [-0.1, -0.05) is 44.2 Å². The molecule has 120 valence electrons. The number of benzene rings is 1. The number of carbonyl (C=O) groups is 2. The molecule has 1 N–H and O–H groups in total. The molecule has 0 bridgehead atoms. The highest BCUT2D eigenvalue weighted by Gasteiger charge is 2.22. The minimum absolute atomic E-state index is 0.0450. The summed E-state index contributed by atoms with van der Waals surface area (Å²) in [4.78, 5) is 28.4. The van der Waals surface area contributed by atoms with Crippen molar-refractivity contribution in [3.63, 3.8) is 0 Å². The Morgan fingerprint density at radius 1 is 1.09 bits per heavy atom. The van der Waals surface area contributed by atoms with Crippen molar-refractivity contribution >= 4 is 11.7 Å². The van der Waals surface area contributed by atoms with Gasteiger partial charge >= 0.3 is 0 Å². The van der Waals surface area contributed by atoms with Crippen LogP contribution in [0.3, 0.4) is 0 Å². The summed E-state index contributed by atoms with van der Waals surface area (Å²) in [6, 6.07) is 13.3. The zero-order valence-electron chi connectivity index (χ0n) is 13.5. The summed E-state index contributed by atoms with van der Waals surface area (Å²) in [6.07, 6.45) is 3.79. The van der Waals surface area contributed by atoms with Crippen LogP contribution in [-0.4, -0.2) is 23.2 Å². The molecule has 0 spiro atoms. The molecule has 1 amide bonds. The molecule has 0 aliphatic carbocycles. The fraction of sp³-hybridized carbons (Fsp3) is 0.316. The highest BCUT2D eigenvalue weighted by Crippen LogP contribution is 2.18. The van der Waals surface area contributed by atoms with E-state index in [9.17, 15) is 9.59 Å². The number of pyridine rings is 1. The Labute approximate surface area is 137 Å². The van der Waals surface area contributed by atoms with E-state index in [0.717, 1.165) is 5.56 Å². The van der Waals surface area contributed by atoms with Gasteiger partial charge in [-0.2, -0.15) is 0 Å². The molecule has 2 rings (SSSR count). The average molecular weight is 310 g/mol. The van der Waals surface area contributed by atoms with Crippen LogP contribution in [0.4, 0.5) is 0 Å². The molecular formula is C19H22N2O2. The van der Waals surface area contributed by atoms with E-state index < -0.39 is 0 Å². The molecular weight excluding hydrogens is 288 g/mol. The first-order valence-electron chi connectivity index (χ1n) is 7.82. The van der Waals surface area contributed by atoms with Gasteiger partial charge in [0, 0.05) is 18.3 Å². The van der Waals surface area contributed by atoms with E-state index in [1.54, 1.807) is 18.3 Å². The van der Waals surface area contributed by atoms with Gasteiger partial charge in [-0.15, -0.1) is 0 Å². The monoisotopic (exact) mass is 310 g/mol. The van der Waals surface area contributed by atoms with Gasteiger partial charge in [0.25, 0.3) is 5.91 Å². The molecule has 1 aromatic carbocycles. The highest BCUT2D eigenvalue weighted by atomic mass is 16.2. The maximum Gasteiger partial charge on any atom is 0.253 e. The Morgan fingerprint density at radius 3 is 2.43 bits per heavy atom. The number of aromatic nitrogens is 1. The second-order valence-electron chi connectivity index (χ2n) is 5.93. The van der Waals surface area contributed by atoms with Crippen LogP contribution in [0.1, 0.15) is 29.8 Å². The SMILES string of the molecule is CC(C)C(Cc1ccccc1)C(=O)CNC(=O)c1cccnc1. The highest BCUT2D eigenvalue weighted by molar-refractivity contribution is 5.96. The molecule has 1 aromatic heterocycles. The summed E-state index contributed by atoms with van der Waals surface area (Å²) in [5.41, 5.74) is 1.60. The molecule has 0 fully saturated rings. The second kappa shape index (κ2) is 8.22. The number of carbonyl (C=O) groups excluding carboxylic acids is 2. The van der Waals surface area contributed by atoms with Crippen molar-refractivity contribution in [2.24, 2.45) is 11.8 Å². The Hall–Kier alpha value is -2.49. The lowest BCUT2D eigenvalue weighted by Crippen LogP contribution is -2.35. The van der Waals surface area contributed by atoms with Gasteiger partial charge in [0.05, 0.1) is 12.1 Å². The molecule has 23 heavy (non-hydrogen) atoms. The van der Waals surface area contributed by atoms with Crippen LogP contribution in [0.5, 0.6) is 0 Å². The van der Waals surface area contributed by atoms with Crippen LogP contribution in [0, 0.1) is 11.8 Å². The van der Waals surface area contributed by atoms with E-state index in [-0.39, 0.29) is 30.1 Å². The molecule has 1 heterocycles. The van der Waals surface area contributed by atoms with Crippen LogP contribution in [0.2, 0.25) is 0 Å². The lowest BCUT2D eigenvalue weighted by molar-refractivity contribution is -0.123. The minimum Gasteiger partial charge on any atom is -0.345 e. The first kappa shape index (κ1) is 16.9. The zero-order valence-corrected chi connectivity index (χ0v) is 13.5. The van der Waals surface area contributed by atoms with Crippen molar-refractivity contribution in [2.75, 3.05) is 6.54 Å². The maximum atomic E-state index is 12.5. The van der Waals surface area contributed by atoms with Crippen molar-refractivity contribution in [3.05, 3.63) is 66.0 Å². The van der Waals surface area contributed by atoms with Gasteiger partial charge in [0.15, 0.2) is 5.78 Å². The Kier molecular flexibility index (Phi) is 6.03. The molecule has 1 atom stereocenters. The molecule has 0 saturated heterocycles. The molecule has 0 saturated carbocycles. The Balaban J connectivity index is 1.95. The third-order valence-electron chi connectivity index (χ3n) is 3.86. The summed E-state index contributed by atoms with van der Waals surface area (Å²) < 4.78 is 0. The predicted octanol–water partition coefficient (Wildman–Crippen LogP) is 2.90. The van der Waals surface area contributed by atoms with E-state index in [2.05, 4.69) is 10.3 Å². The first-order chi connectivity index (χ1) is 11.1. The van der Waals surface area contributed by atoms with Gasteiger partial charge in [-0.05, 0) is 30.0 Å². The summed E-state index contributed by atoms with van der Waals surface area (Å²) in [7, 11) is 0. The number of rotatable bonds is 7. The van der Waals surface area contributed by atoms with Gasteiger partial charge in [-0.25, -0.2) is 0 Å². The van der Waals surface area contributed by atoms with Crippen LogP contribution >= 0.6 is 0 Å². The topological polar surface area (TPSA) is 59.1 Å². The third kappa shape index (κ3) is 5.02. The van der Waals surface area contributed by atoms with Crippen molar-refractivity contribution in [2.45, 2.75) is 20.3 Å². The zero-order chi connectivity index (χ0) is 16.7. The molecule has 0 aliphatic heterocycles. The maximum absolute atomic E-state index is 12.5. The van der Waals surface area contributed by atoms with Crippen molar-refractivity contribution < 1.29 is 9.59 Å². The molecule has 0 radical (unpaired) electrons. The molecule has 1 unspecified atom stereocenters. The summed E-state index contributed by atoms with van der Waals surface area (Å²) in [5, 5.41) is 2.69. The fourth-order valence-corrected chi connectivity index (χ4v) is 2.49. The first-order valence-corrected chi connectivity index (χ1v) is 7.82. The van der Waals surface area contributed by atoms with E-state index in [4.69, 9.17) is 0 Å². The van der Waals surface area contributed by atoms with Gasteiger partial charge in [0.2, 0.25) is 0 Å². The summed E-state index contributed by atoms with van der Waals surface area (Å²) >= 11 is 0. The van der Waals surface area contributed by atoms with Gasteiger partial charge in [-0.3, -0.25) is 14.6 Å². The largest absolute Gasteiger partial charge is 0.345 e. The number of nitrogens with zero attached hydrogens (tertiary/aromatic N) is 1. The average Bonchev–Trinajstić information content (AvgIpc) is 2.58. The van der Waals surface area contributed by atoms with Crippen LogP contribution in [-0.2, 0) is 11.2 Å². The summed E-state index contributed by atoms with van der Waals surface area (Å²) in [5.74, 6) is -0.0978. The number of amides is 1. The van der Waals surface area contributed by atoms with E-state index in [1.807, 2.05) is 44.2 Å². The lowest BCUT2D eigenvalue weighted by atomic mass is 9.85. The van der Waals surface area contributed by atoms with Gasteiger partial charge in [0.1, 0.15) is 0 Å². The number of hydrogen-bond acceptors (Lipinski definition) is 3. The number of hydrogen-bond donors (Lipinski definition) is 1. The third-order valence-corrected chi connectivity index (χ3v) is 3.86. The van der Waals surface area contributed by atoms with Crippen LogP contribution in [0.25, 0.3) is 0 Å². The van der Waals surface area contributed by atoms with Crippen molar-refractivity contribution in [3.8, 4) is 0 Å². The van der Waals surface area contributed by atoms with Crippen molar-refractivity contribution in [1.29, 1.82) is 0 Å². The molecule has 0 aliphatic rings. The number of nitrogens with one attached hydrogen (secondary N) is 1. The second-order valence-corrected chi connectivity index (χ2v) is 5.93. The quantitative estimate of drug-likeness (QED) is 0.855. The summed E-state index contributed by atoms with van der Waals surface area (Å²) in [6.45, 7) is 4.12. The molecule has 2 aromatic rings. The van der Waals surface area contributed by atoms with E-state index >= 15 is 0 Å². The Morgan fingerprint density at radius 2 is 1.83 bits per heavy atom. The Bertz CT molecular complexity index is 639. The predicted molar refractivity (Wildman–Crippen MR) is 90.1 cm³/mol. The lowest BCUT2D eigenvalue weighted by Gasteiger charge is -2.20. The molecule has 4 nitrogen and oxygen atoms in total. The normalized spacial score (nSPS) is 12.0. The van der Waals surface area contributed by atoms with Crippen LogP contribution in [0.15, 0.2) is 54.9 Å². The van der Waals surface area contributed by atoms with Crippen molar-refractivity contribution in [1.82, 2.24) is 10.3 Å². The number of ketones is 1. The number of Topliss-reactive ketones (excluding diaryl/α,β-unsaturated/α-hetero) is 1. The smallest absolute Gasteiger partial charge is 0.253 e. The van der Waals surface area contributed by atoms with E-state index in [0.29, 0.717) is 12.0 Å².